The van der Waals surface area contributed by atoms with Gasteiger partial charge < -0.3 is 20.1 Å². The summed E-state index contributed by atoms with van der Waals surface area (Å²) < 4.78 is 10.9. The quantitative estimate of drug-likeness (QED) is 0.783. The summed E-state index contributed by atoms with van der Waals surface area (Å²) in [6, 6.07) is 6.54. The van der Waals surface area contributed by atoms with Crippen molar-refractivity contribution in [2.24, 2.45) is 5.73 Å². The van der Waals surface area contributed by atoms with Crippen LogP contribution in [0.2, 0.25) is 0 Å². The predicted octanol–water partition coefficient (Wildman–Crippen LogP) is 2.11. The number of benzene rings is 1. The zero-order valence-electron chi connectivity index (χ0n) is 15.8. The number of ether oxygens (including phenoxy) is 2. The van der Waals surface area contributed by atoms with Crippen LogP contribution in [0.5, 0.6) is 11.6 Å². The van der Waals surface area contributed by atoms with E-state index in [-0.39, 0.29) is 11.8 Å². The van der Waals surface area contributed by atoms with Gasteiger partial charge in [0.05, 0.1) is 13.0 Å². The lowest BCUT2D eigenvalue weighted by Gasteiger charge is -2.32. The van der Waals surface area contributed by atoms with Crippen molar-refractivity contribution in [3.63, 3.8) is 0 Å². The molecule has 2 heterocycles. The topological polar surface area (TPSA) is 108 Å². The van der Waals surface area contributed by atoms with Gasteiger partial charge in [0.1, 0.15) is 11.4 Å². The van der Waals surface area contributed by atoms with Crippen LogP contribution in [0.25, 0.3) is 0 Å². The molecule has 1 atom stereocenters. The summed E-state index contributed by atoms with van der Waals surface area (Å²) in [5.41, 5.74) is 6.40. The highest BCUT2D eigenvalue weighted by molar-refractivity contribution is 5.92. The van der Waals surface area contributed by atoms with Crippen LogP contribution in [0, 0.1) is 0 Å². The Labute approximate surface area is 163 Å². The van der Waals surface area contributed by atoms with Crippen molar-refractivity contribution in [2.75, 3.05) is 26.8 Å². The van der Waals surface area contributed by atoms with E-state index in [9.17, 15) is 9.59 Å². The maximum Gasteiger partial charge on any atom is 0.248 e. The van der Waals surface area contributed by atoms with Gasteiger partial charge in [-0.1, -0.05) is 0 Å². The summed E-state index contributed by atoms with van der Waals surface area (Å²) in [4.78, 5) is 34.2. The third kappa shape index (κ3) is 4.83. The molecule has 2 amide bonds. The third-order valence-electron chi connectivity index (χ3n) is 4.73. The predicted molar refractivity (Wildman–Crippen MR) is 102 cm³/mol. The number of nitrogens with zero attached hydrogens (tertiary/aromatic N) is 3. The first-order chi connectivity index (χ1) is 13.6. The molecule has 0 bridgehead atoms. The molecule has 0 saturated carbocycles. The number of hydrogen-bond acceptors (Lipinski definition) is 6. The second kappa shape index (κ2) is 9.27. The number of methoxy groups -OCH3 is 1. The average Bonchev–Trinajstić information content (AvgIpc) is 2.73. The molecule has 0 unspecified atom stereocenters. The van der Waals surface area contributed by atoms with Crippen molar-refractivity contribution in [3.8, 4) is 11.6 Å². The molecule has 8 nitrogen and oxygen atoms in total. The van der Waals surface area contributed by atoms with E-state index >= 15 is 0 Å². The highest BCUT2D eigenvalue weighted by Crippen LogP contribution is 2.32. The van der Waals surface area contributed by atoms with E-state index in [2.05, 4.69) is 9.97 Å². The highest BCUT2D eigenvalue weighted by atomic mass is 16.5. The van der Waals surface area contributed by atoms with Gasteiger partial charge in [0.15, 0.2) is 0 Å². The van der Waals surface area contributed by atoms with Crippen LogP contribution in [-0.4, -0.2) is 53.5 Å². The van der Waals surface area contributed by atoms with Crippen molar-refractivity contribution in [1.82, 2.24) is 14.9 Å². The molecule has 0 radical (unpaired) electrons. The van der Waals surface area contributed by atoms with Crippen LogP contribution in [0.1, 0.15) is 41.2 Å². The standard InChI is InChI=1S/C20H24N4O4/c1-27-12-8-17(25)24-11-2-3-15(13-24)18-20(23-10-9-22-18)28-16-6-4-14(5-7-16)19(21)26/h4-7,9-10,15H,2-3,8,11-13H2,1H3,(H2,21,26)/t15-/m0/s1. The Hall–Kier alpha value is -3.00. The molecule has 28 heavy (non-hydrogen) atoms. The second-order valence-corrected chi connectivity index (χ2v) is 6.66. The van der Waals surface area contributed by atoms with E-state index < -0.39 is 5.91 Å². The van der Waals surface area contributed by atoms with Gasteiger partial charge in [-0.25, -0.2) is 4.98 Å². The van der Waals surface area contributed by atoms with Crippen molar-refractivity contribution in [3.05, 3.63) is 47.9 Å². The lowest BCUT2D eigenvalue weighted by atomic mass is 9.94. The van der Waals surface area contributed by atoms with Crippen molar-refractivity contribution in [2.45, 2.75) is 25.2 Å². The molecule has 3 rings (SSSR count). The fraction of sp³-hybridized carbons (Fsp3) is 0.400. The summed E-state index contributed by atoms with van der Waals surface area (Å²) in [7, 11) is 1.59. The molecular formula is C20H24N4O4. The van der Waals surface area contributed by atoms with Gasteiger partial charge in [0.2, 0.25) is 17.7 Å². The number of carbonyl (C=O) groups excluding carboxylic acids is 2. The van der Waals surface area contributed by atoms with Gasteiger partial charge in [-0.05, 0) is 37.1 Å². The Balaban J connectivity index is 1.74. The smallest absolute Gasteiger partial charge is 0.248 e. The van der Waals surface area contributed by atoms with E-state index in [0.29, 0.717) is 36.8 Å². The number of carbonyl (C=O) groups is 2. The van der Waals surface area contributed by atoms with Gasteiger partial charge in [-0.3, -0.25) is 14.6 Å². The molecular weight excluding hydrogens is 360 g/mol. The second-order valence-electron chi connectivity index (χ2n) is 6.66. The van der Waals surface area contributed by atoms with E-state index in [4.69, 9.17) is 15.2 Å². The molecule has 8 heteroatoms. The monoisotopic (exact) mass is 384 g/mol. The molecule has 1 aromatic heterocycles. The molecule has 2 aromatic rings. The molecule has 0 spiro atoms. The van der Waals surface area contributed by atoms with Crippen molar-refractivity contribution in [1.29, 1.82) is 0 Å². The number of amides is 2. The maximum absolute atomic E-state index is 12.3. The Kier molecular flexibility index (Phi) is 6.54. The summed E-state index contributed by atoms with van der Waals surface area (Å²) in [5.74, 6) is 0.585. The van der Waals surface area contributed by atoms with Crippen LogP contribution < -0.4 is 10.5 Å². The summed E-state index contributed by atoms with van der Waals surface area (Å²) in [5, 5.41) is 0. The number of primary amides is 1. The number of likely N-dealkylation sites (tertiary alicyclic amines) is 1. The largest absolute Gasteiger partial charge is 0.437 e. The van der Waals surface area contributed by atoms with Crippen LogP contribution >= 0.6 is 0 Å². The minimum atomic E-state index is -0.493. The zero-order valence-corrected chi connectivity index (χ0v) is 15.8. The Morgan fingerprint density at radius 1 is 1.21 bits per heavy atom. The first-order valence-corrected chi connectivity index (χ1v) is 9.24. The van der Waals surface area contributed by atoms with E-state index in [0.717, 1.165) is 25.1 Å². The van der Waals surface area contributed by atoms with E-state index in [1.165, 1.54) is 0 Å². The normalized spacial score (nSPS) is 16.6. The molecule has 1 aliphatic rings. The number of aromatic nitrogens is 2. The van der Waals surface area contributed by atoms with E-state index in [1.54, 1.807) is 43.8 Å². The number of rotatable bonds is 7. The number of hydrogen-bond donors (Lipinski definition) is 1. The van der Waals surface area contributed by atoms with Crippen LogP contribution in [0.3, 0.4) is 0 Å². The number of nitrogens with two attached hydrogens (primary N) is 1. The fourth-order valence-corrected chi connectivity index (χ4v) is 3.27. The highest BCUT2D eigenvalue weighted by Gasteiger charge is 2.28. The molecule has 1 saturated heterocycles. The van der Waals surface area contributed by atoms with Gasteiger partial charge >= 0.3 is 0 Å². The lowest BCUT2D eigenvalue weighted by molar-refractivity contribution is -0.133. The molecule has 1 aromatic carbocycles. The summed E-state index contributed by atoms with van der Waals surface area (Å²) in [6.45, 7) is 1.74. The first-order valence-electron chi connectivity index (χ1n) is 9.24. The Morgan fingerprint density at radius 2 is 1.96 bits per heavy atom. The SMILES string of the molecule is COCCC(=O)N1CCC[C@H](c2nccnc2Oc2ccc(C(N)=O)cc2)C1. The molecule has 2 N–H and O–H groups in total. The Bertz CT molecular complexity index is 825. The zero-order chi connectivity index (χ0) is 19.9. The molecule has 1 fully saturated rings. The summed E-state index contributed by atoms with van der Waals surface area (Å²) in [6.07, 6.45) is 5.38. The number of piperidine rings is 1. The van der Waals surface area contributed by atoms with Gasteiger partial charge in [0.25, 0.3) is 0 Å². The van der Waals surface area contributed by atoms with Gasteiger partial charge in [-0.2, -0.15) is 0 Å². The fourth-order valence-electron chi connectivity index (χ4n) is 3.27. The Morgan fingerprint density at radius 3 is 2.68 bits per heavy atom. The minimum absolute atomic E-state index is 0.0498. The average molecular weight is 384 g/mol. The van der Waals surface area contributed by atoms with Crippen molar-refractivity contribution >= 4 is 11.8 Å². The first kappa shape index (κ1) is 19.8. The molecule has 1 aliphatic heterocycles. The lowest BCUT2D eigenvalue weighted by Crippen LogP contribution is -2.39. The minimum Gasteiger partial charge on any atom is -0.437 e. The maximum atomic E-state index is 12.3. The van der Waals surface area contributed by atoms with Crippen molar-refractivity contribution < 1.29 is 19.1 Å². The van der Waals surface area contributed by atoms with Gasteiger partial charge in [-0.15, -0.1) is 0 Å². The van der Waals surface area contributed by atoms with Crippen LogP contribution in [0.15, 0.2) is 36.7 Å². The van der Waals surface area contributed by atoms with Crippen LogP contribution in [-0.2, 0) is 9.53 Å². The summed E-state index contributed by atoms with van der Waals surface area (Å²) >= 11 is 0. The molecule has 0 aliphatic carbocycles. The third-order valence-corrected chi connectivity index (χ3v) is 4.73. The van der Waals surface area contributed by atoms with Crippen LogP contribution in [0.4, 0.5) is 0 Å². The van der Waals surface area contributed by atoms with E-state index in [1.807, 2.05) is 4.90 Å². The molecule has 148 valence electrons. The van der Waals surface area contributed by atoms with Gasteiger partial charge in [0, 0.05) is 44.1 Å².